The minimum Gasteiger partial charge on any atom is -0.326 e. The van der Waals surface area contributed by atoms with Crippen LogP contribution in [0.4, 0.5) is 5.69 Å². The topological polar surface area (TPSA) is 66.5 Å². The van der Waals surface area contributed by atoms with Gasteiger partial charge in [-0.2, -0.15) is 4.31 Å². The van der Waals surface area contributed by atoms with Crippen LogP contribution in [0.1, 0.15) is 63.5 Å². The molecule has 0 aliphatic carbocycles. The van der Waals surface area contributed by atoms with Gasteiger partial charge in [-0.15, -0.1) is 0 Å². The van der Waals surface area contributed by atoms with Crippen molar-refractivity contribution in [2.45, 2.75) is 63.7 Å². The van der Waals surface area contributed by atoms with Gasteiger partial charge in [-0.05, 0) is 67.5 Å². The maximum absolute atomic E-state index is 12.9. The van der Waals surface area contributed by atoms with E-state index in [4.69, 9.17) is 0 Å². The Morgan fingerprint density at radius 3 is 2.03 bits per heavy atom. The van der Waals surface area contributed by atoms with E-state index in [1.54, 1.807) is 28.6 Å². The summed E-state index contributed by atoms with van der Waals surface area (Å²) < 4.78 is 27.4. The summed E-state index contributed by atoms with van der Waals surface area (Å²) in [7, 11) is -3.48. The zero-order chi connectivity index (χ0) is 22.4. The van der Waals surface area contributed by atoms with Crippen molar-refractivity contribution in [1.29, 1.82) is 0 Å². The third-order valence-corrected chi connectivity index (χ3v) is 7.75. The summed E-state index contributed by atoms with van der Waals surface area (Å²) in [5.74, 6) is 0.186. The highest BCUT2D eigenvalue weighted by Crippen LogP contribution is 2.23. The molecule has 0 saturated carbocycles. The molecule has 3 rings (SSSR count). The number of amides is 1. The van der Waals surface area contributed by atoms with Crippen LogP contribution >= 0.6 is 0 Å². The van der Waals surface area contributed by atoms with Gasteiger partial charge in [-0.1, -0.05) is 51.0 Å². The standard InChI is InChI=1S/C25H34N2O3S/c1-19(2)18-21-8-10-22(11-9-21)20(3)25(28)26-23-12-14-24(15-13-23)31(29,30)27-16-6-4-5-7-17-27/h8-15,19-20H,4-7,16-18H2,1-3H3,(H,26,28). The molecule has 0 bridgehead atoms. The Hall–Kier alpha value is -2.18. The maximum Gasteiger partial charge on any atom is 0.243 e. The number of benzene rings is 2. The fourth-order valence-electron chi connectivity index (χ4n) is 3.96. The normalized spacial score (nSPS) is 16.6. The monoisotopic (exact) mass is 442 g/mol. The Morgan fingerprint density at radius 1 is 0.903 bits per heavy atom. The Labute approximate surface area is 186 Å². The molecule has 0 aromatic heterocycles. The molecule has 1 N–H and O–H groups in total. The average Bonchev–Trinajstić information content (AvgIpc) is 3.04. The van der Waals surface area contributed by atoms with Crippen LogP contribution < -0.4 is 5.32 Å². The lowest BCUT2D eigenvalue weighted by Gasteiger charge is -2.20. The summed E-state index contributed by atoms with van der Waals surface area (Å²) in [6.07, 6.45) is 4.99. The Morgan fingerprint density at radius 2 is 1.48 bits per heavy atom. The van der Waals surface area contributed by atoms with Gasteiger partial charge in [-0.25, -0.2) is 8.42 Å². The second-order valence-corrected chi connectivity index (χ2v) is 10.8. The lowest BCUT2D eigenvalue weighted by molar-refractivity contribution is -0.117. The molecule has 6 heteroatoms. The molecule has 1 heterocycles. The number of carbonyl (C=O) groups is 1. The second-order valence-electron chi connectivity index (χ2n) is 8.89. The largest absolute Gasteiger partial charge is 0.326 e. The number of anilines is 1. The molecule has 1 unspecified atom stereocenters. The van der Waals surface area contributed by atoms with E-state index in [-0.39, 0.29) is 16.7 Å². The summed E-state index contributed by atoms with van der Waals surface area (Å²) in [6, 6.07) is 14.7. The Balaban J connectivity index is 1.64. The molecule has 2 aromatic rings. The van der Waals surface area contributed by atoms with Gasteiger partial charge in [0.25, 0.3) is 0 Å². The number of hydrogen-bond donors (Lipinski definition) is 1. The number of nitrogens with one attached hydrogen (secondary N) is 1. The molecule has 31 heavy (non-hydrogen) atoms. The third-order valence-electron chi connectivity index (χ3n) is 5.84. The van der Waals surface area contributed by atoms with Gasteiger partial charge in [0.05, 0.1) is 10.8 Å². The van der Waals surface area contributed by atoms with Crippen molar-refractivity contribution in [2.24, 2.45) is 5.92 Å². The molecule has 1 aliphatic rings. The molecule has 2 aromatic carbocycles. The summed E-state index contributed by atoms with van der Waals surface area (Å²) in [4.78, 5) is 13.0. The van der Waals surface area contributed by atoms with E-state index in [1.807, 2.05) is 19.1 Å². The molecule has 1 aliphatic heterocycles. The number of hydrogen-bond acceptors (Lipinski definition) is 3. The number of carbonyl (C=O) groups excluding carboxylic acids is 1. The van der Waals surface area contributed by atoms with E-state index >= 15 is 0 Å². The predicted molar refractivity (Wildman–Crippen MR) is 126 cm³/mol. The molecule has 1 fully saturated rings. The SMILES string of the molecule is CC(C)Cc1ccc(C(C)C(=O)Nc2ccc(S(=O)(=O)N3CCCCCC3)cc2)cc1. The van der Waals surface area contributed by atoms with Gasteiger partial charge >= 0.3 is 0 Å². The molecule has 168 valence electrons. The van der Waals surface area contributed by atoms with Gasteiger partial charge < -0.3 is 5.32 Å². The summed E-state index contributed by atoms with van der Waals surface area (Å²) in [5, 5.41) is 2.91. The van der Waals surface area contributed by atoms with Gasteiger partial charge in [0.15, 0.2) is 0 Å². The van der Waals surface area contributed by atoms with Crippen molar-refractivity contribution in [3.8, 4) is 0 Å². The minimum absolute atomic E-state index is 0.111. The lowest BCUT2D eigenvalue weighted by Crippen LogP contribution is -2.31. The maximum atomic E-state index is 12.9. The molecule has 5 nitrogen and oxygen atoms in total. The van der Waals surface area contributed by atoms with E-state index in [2.05, 4.69) is 31.3 Å². The lowest BCUT2D eigenvalue weighted by atomic mass is 9.96. The molecular weight excluding hydrogens is 408 g/mol. The summed E-state index contributed by atoms with van der Waals surface area (Å²) >= 11 is 0. The van der Waals surface area contributed by atoms with Crippen molar-refractivity contribution in [3.63, 3.8) is 0 Å². The van der Waals surface area contributed by atoms with Crippen LogP contribution in [0.5, 0.6) is 0 Å². The van der Waals surface area contributed by atoms with Crippen molar-refractivity contribution in [1.82, 2.24) is 4.31 Å². The van der Waals surface area contributed by atoms with Crippen LogP contribution in [0.2, 0.25) is 0 Å². The molecule has 0 spiro atoms. The van der Waals surface area contributed by atoms with Gasteiger partial charge in [0.1, 0.15) is 0 Å². The van der Waals surface area contributed by atoms with E-state index in [1.165, 1.54) is 5.56 Å². The number of rotatable bonds is 7. The van der Waals surface area contributed by atoms with Crippen molar-refractivity contribution < 1.29 is 13.2 Å². The first-order valence-electron chi connectivity index (χ1n) is 11.3. The van der Waals surface area contributed by atoms with Crippen molar-refractivity contribution in [3.05, 3.63) is 59.7 Å². The number of sulfonamides is 1. The highest BCUT2D eigenvalue weighted by molar-refractivity contribution is 7.89. The van der Waals surface area contributed by atoms with E-state index < -0.39 is 10.0 Å². The van der Waals surface area contributed by atoms with Gasteiger partial charge in [0.2, 0.25) is 15.9 Å². The number of nitrogens with zero attached hydrogens (tertiary/aromatic N) is 1. The highest BCUT2D eigenvalue weighted by atomic mass is 32.2. The molecular formula is C25H34N2O3S. The van der Waals surface area contributed by atoms with Crippen LogP contribution in [0, 0.1) is 5.92 Å². The molecule has 1 amide bonds. The molecule has 1 saturated heterocycles. The Bertz CT molecular complexity index is 959. The summed E-state index contributed by atoms with van der Waals surface area (Å²) in [5.41, 5.74) is 2.83. The average molecular weight is 443 g/mol. The van der Waals surface area contributed by atoms with Gasteiger partial charge in [0, 0.05) is 18.8 Å². The second kappa shape index (κ2) is 10.4. The van der Waals surface area contributed by atoms with Crippen molar-refractivity contribution >= 4 is 21.6 Å². The third kappa shape index (κ3) is 6.17. The van der Waals surface area contributed by atoms with Crippen molar-refractivity contribution in [2.75, 3.05) is 18.4 Å². The minimum atomic E-state index is -3.48. The van der Waals surface area contributed by atoms with Crippen LogP contribution in [0.25, 0.3) is 0 Å². The van der Waals surface area contributed by atoms with E-state index in [9.17, 15) is 13.2 Å². The van der Waals surface area contributed by atoms with Crippen LogP contribution in [-0.4, -0.2) is 31.7 Å². The first-order valence-corrected chi connectivity index (χ1v) is 12.7. The first-order chi connectivity index (χ1) is 14.8. The van der Waals surface area contributed by atoms with Gasteiger partial charge in [-0.3, -0.25) is 4.79 Å². The Kier molecular flexibility index (Phi) is 7.89. The predicted octanol–water partition coefficient (Wildman–Crippen LogP) is 5.19. The van der Waals surface area contributed by atoms with Crippen LogP contribution in [0.3, 0.4) is 0 Å². The fraction of sp³-hybridized carbons (Fsp3) is 0.480. The van der Waals surface area contributed by atoms with Crippen LogP contribution in [-0.2, 0) is 21.2 Å². The highest BCUT2D eigenvalue weighted by Gasteiger charge is 2.25. The zero-order valence-corrected chi connectivity index (χ0v) is 19.6. The molecule has 1 atom stereocenters. The van der Waals surface area contributed by atoms with E-state index in [0.717, 1.165) is 37.7 Å². The van der Waals surface area contributed by atoms with Crippen LogP contribution in [0.15, 0.2) is 53.4 Å². The van der Waals surface area contributed by atoms with E-state index in [0.29, 0.717) is 24.7 Å². The molecule has 0 radical (unpaired) electrons. The smallest absolute Gasteiger partial charge is 0.243 e. The first kappa shape index (κ1) is 23.5. The fourth-order valence-corrected chi connectivity index (χ4v) is 5.47. The summed E-state index contributed by atoms with van der Waals surface area (Å²) in [6.45, 7) is 7.41. The quantitative estimate of drug-likeness (QED) is 0.641. The zero-order valence-electron chi connectivity index (χ0n) is 18.8.